The highest BCUT2D eigenvalue weighted by atomic mass is 19.3. The van der Waals surface area contributed by atoms with Crippen LogP contribution in [0.4, 0.5) is 17.6 Å². The molecule has 160 valence electrons. The molecule has 0 fully saturated rings. The van der Waals surface area contributed by atoms with Crippen molar-refractivity contribution in [3.8, 4) is 5.75 Å². The molecule has 0 radical (unpaired) electrons. The summed E-state index contributed by atoms with van der Waals surface area (Å²) in [6.07, 6.45) is -1.74. The second kappa shape index (κ2) is 8.17. The van der Waals surface area contributed by atoms with Gasteiger partial charge in [-0.05, 0) is 13.0 Å². The van der Waals surface area contributed by atoms with E-state index < -0.39 is 58.9 Å². The van der Waals surface area contributed by atoms with Gasteiger partial charge in [-0.2, -0.15) is 0 Å². The fourth-order valence-electron chi connectivity index (χ4n) is 3.16. The molecule has 0 aliphatic carbocycles. The maximum Gasteiger partial charge on any atom is 0.274 e. The number of rotatable bonds is 5. The highest BCUT2D eigenvalue weighted by Gasteiger charge is 2.32. The Morgan fingerprint density at radius 1 is 1.23 bits per heavy atom. The highest BCUT2D eigenvalue weighted by molar-refractivity contribution is 5.99. The molecule has 0 spiro atoms. The van der Waals surface area contributed by atoms with Crippen LogP contribution in [0.1, 0.15) is 32.0 Å². The average molecular weight is 427 g/mol. The summed E-state index contributed by atoms with van der Waals surface area (Å²) in [4.78, 5) is 37.9. The minimum absolute atomic E-state index is 0.0117. The number of alkyl halides is 2. The number of fused-ring (bicyclic) bond motifs is 1. The number of carbonyl (C=O) groups is 2. The van der Waals surface area contributed by atoms with Crippen molar-refractivity contribution >= 4 is 11.8 Å². The van der Waals surface area contributed by atoms with E-state index in [1.807, 2.05) is 0 Å². The number of amides is 2. The monoisotopic (exact) mass is 427 g/mol. The van der Waals surface area contributed by atoms with Crippen LogP contribution in [0.2, 0.25) is 0 Å². The van der Waals surface area contributed by atoms with Crippen molar-refractivity contribution in [1.82, 2.24) is 14.8 Å². The zero-order valence-corrected chi connectivity index (χ0v) is 15.7. The third-order valence-corrected chi connectivity index (χ3v) is 4.80. The number of aromatic nitrogens is 1. The van der Waals surface area contributed by atoms with E-state index in [0.717, 1.165) is 27.8 Å². The van der Waals surface area contributed by atoms with Gasteiger partial charge in [0.15, 0.2) is 11.4 Å². The number of carbonyl (C=O) groups excluding carboxylic acids is 2. The van der Waals surface area contributed by atoms with Gasteiger partial charge in [0.05, 0.1) is 6.54 Å². The molecule has 7 nitrogen and oxygen atoms in total. The van der Waals surface area contributed by atoms with Crippen LogP contribution in [0.15, 0.2) is 23.1 Å². The van der Waals surface area contributed by atoms with Crippen molar-refractivity contribution in [2.45, 2.75) is 26.4 Å². The van der Waals surface area contributed by atoms with Crippen molar-refractivity contribution < 1.29 is 32.3 Å². The number of pyridine rings is 1. The highest BCUT2D eigenvalue weighted by Crippen LogP contribution is 2.21. The van der Waals surface area contributed by atoms with Crippen molar-refractivity contribution in [2.75, 3.05) is 13.1 Å². The first-order valence-corrected chi connectivity index (χ1v) is 8.87. The first-order chi connectivity index (χ1) is 14.1. The zero-order valence-electron chi connectivity index (χ0n) is 15.7. The standard InChI is InChI=1S/C19H17F4N3O4/c1-9-12(20)3-2-10(14(9)23)6-24-18(29)11-7-25-4-5-26(8-13(21)22)19(30)15(25)17(28)16(11)27/h2-3,7,13,28H,4-6,8H2,1H3,(H,24,29). The van der Waals surface area contributed by atoms with Crippen molar-refractivity contribution in [1.29, 1.82) is 0 Å². The van der Waals surface area contributed by atoms with Crippen LogP contribution in [0.25, 0.3) is 0 Å². The van der Waals surface area contributed by atoms with E-state index in [0.29, 0.717) is 0 Å². The number of hydrogen-bond donors (Lipinski definition) is 2. The van der Waals surface area contributed by atoms with Gasteiger partial charge in [-0.15, -0.1) is 0 Å². The maximum absolute atomic E-state index is 14.1. The fourth-order valence-corrected chi connectivity index (χ4v) is 3.16. The molecular weight excluding hydrogens is 410 g/mol. The summed E-state index contributed by atoms with van der Waals surface area (Å²) < 4.78 is 53.7. The molecule has 2 aromatic rings. The smallest absolute Gasteiger partial charge is 0.274 e. The zero-order chi connectivity index (χ0) is 22.2. The molecule has 2 N–H and O–H groups in total. The van der Waals surface area contributed by atoms with Gasteiger partial charge in [0.2, 0.25) is 5.43 Å². The van der Waals surface area contributed by atoms with Gasteiger partial charge in [0.1, 0.15) is 17.2 Å². The summed E-state index contributed by atoms with van der Waals surface area (Å²) in [7, 11) is 0. The van der Waals surface area contributed by atoms with Gasteiger partial charge in [-0.25, -0.2) is 17.6 Å². The van der Waals surface area contributed by atoms with E-state index >= 15 is 0 Å². The Morgan fingerprint density at radius 2 is 1.93 bits per heavy atom. The summed E-state index contributed by atoms with van der Waals surface area (Å²) in [5, 5.41) is 12.4. The molecule has 0 saturated heterocycles. The first-order valence-electron chi connectivity index (χ1n) is 8.87. The lowest BCUT2D eigenvalue weighted by atomic mass is 10.1. The number of nitrogens with zero attached hydrogens (tertiary/aromatic N) is 2. The van der Waals surface area contributed by atoms with Gasteiger partial charge in [-0.1, -0.05) is 6.07 Å². The van der Waals surface area contributed by atoms with Crippen molar-refractivity contribution in [2.24, 2.45) is 0 Å². The molecule has 1 aliphatic heterocycles. The van der Waals surface area contributed by atoms with Crippen LogP contribution in [0.5, 0.6) is 5.75 Å². The van der Waals surface area contributed by atoms with E-state index in [2.05, 4.69) is 5.32 Å². The molecule has 11 heteroatoms. The fraction of sp³-hybridized carbons (Fsp3) is 0.316. The van der Waals surface area contributed by atoms with E-state index in [4.69, 9.17) is 0 Å². The molecule has 3 rings (SSSR count). The Labute approximate surface area is 167 Å². The average Bonchev–Trinajstić information content (AvgIpc) is 2.69. The third kappa shape index (κ3) is 3.87. The Hall–Kier alpha value is -3.37. The Morgan fingerprint density at radius 3 is 2.60 bits per heavy atom. The number of hydrogen-bond acceptors (Lipinski definition) is 4. The molecule has 1 aliphatic rings. The number of nitrogens with one attached hydrogen (secondary N) is 1. The van der Waals surface area contributed by atoms with Gasteiger partial charge < -0.3 is 19.9 Å². The quantitative estimate of drug-likeness (QED) is 0.712. The summed E-state index contributed by atoms with van der Waals surface area (Å²) in [6, 6.07) is 2.18. The molecule has 2 heterocycles. The summed E-state index contributed by atoms with van der Waals surface area (Å²) in [5.74, 6) is -4.52. The molecule has 2 amide bonds. The topological polar surface area (TPSA) is 91.6 Å². The van der Waals surface area contributed by atoms with Crippen LogP contribution < -0.4 is 10.7 Å². The van der Waals surface area contributed by atoms with Crippen LogP contribution >= 0.6 is 0 Å². The van der Waals surface area contributed by atoms with Gasteiger partial charge in [-0.3, -0.25) is 14.4 Å². The lowest BCUT2D eigenvalue weighted by Crippen LogP contribution is -2.44. The lowest BCUT2D eigenvalue weighted by molar-refractivity contribution is 0.0491. The van der Waals surface area contributed by atoms with Gasteiger partial charge in [0, 0.05) is 37.0 Å². The van der Waals surface area contributed by atoms with E-state index in [-0.39, 0.29) is 30.8 Å². The second-order valence-corrected chi connectivity index (χ2v) is 6.73. The van der Waals surface area contributed by atoms with Crippen LogP contribution in [0, 0.1) is 18.6 Å². The Balaban J connectivity index is 1.85. The van der Waals surface area contributed by atoms with E-state index in [1.54, 1.807) is 0 Å². The SMILES string of the molecule is Cc1c(F)ccc(CNC(=O)c2cn3c(c(O)c2=O)C(=O)N(CC(F)F)CC3)c1F. The van der Waals surface area contributed by atoms with E-state index in [1.165, 1.54) is 6.92 Å². The minimum atomic E-state index is -2.78. The molecule has 1 aromatic heterocycles. The number of benzene rings is 1. The molecule has 0 saturated carbocycles. The van der Waals surface area contributed by atoms with Crippen molar-refractivity contribution in [3.63, 3.8) is 0 Å². The molecular formula is C19H17F4N3O4. The largest absolute Gasteiger partial charge is 0.503 e. The lowest BCUT2D eigenvalue weighted by Gasteiger charge is -2.30. The van der Waals surface area contributed by atoms with Crippen LogP contribution in [-0.2, 0) is 13.1 Å². The number of aromatic hydroxyl groups is 1. The van der Waals surface area contributed by atoms with Crippen LogP contribution in [0.3, 0.4) is 0 Å². The number of halogens is 4. The molecule has 0 unspecified atom stereocenters. The van der Waals surface area contributed by atoms with Gasteiger partial charge >= 0.3 is 0 Å². The Kier molecular flexibility index (Phi) is 5.81. The second-order valence-electron chi connectivity index (χ2n) is 6.73. The summed E-state index contributed by atoms with van der Waals surface area (Å²) >= 11 is 0. The molecule has 0 bridgehead atoms. The van der Waals surface area contributed by atoms with Gasteiger partial charge in [0.25, 0.3) is 18.2 Å². The molecule has 0 atom stereocenters. The Bertz CT molecular complexity index is 1080. The third-order valence-electron chi connectivity index (χ3n) is 4.80. The molecule has 30 heavy (non-hydrogen) atoms. The minimum Gasteiger partial charge on any atom is -0.503 e. The maximum atomic E-state index is 14.1. The predicted molar refractivity (Wildman–Crippen MR) is 96.5 cm³/mol. The summed E-state index contributed by atoms with van der Waals surface area (Å²) in [6.45, 7) is -0.0856. The predicted octanol–water partition coefficient (Wildman–Crippen LogP) is 1.79. The van der Waals surface area contributed by atoms with Crippen molar-refractivity contribution in [3.05, 3.63) is 62.6 Å². The normalized spacial score (nSPS) is 13.5. The summed E-state index contributed by atoms with van der Waals surface area (Å²) in [5.41, 5.74) is -2.39. The molecule has 1 aromatic carbocycles. The van der Waals surface area contributed by atoms with E-state index in [9.17, 15) is 37.1 Å². The first kappa shape index (κ1) is 21.3. The van der Waals surface area contributed by atoms with Crippen LogP contribution in [-0.4, -0.2) is 45.9 Å².